The molecule has 0 aromatic heterocycles. The van der Waals surface area contributed by atoms with E-state index in [-0.39, 0.29) is 18.5 Å². The second-order valence-corrected chi connectivity index (χ2v) is 7.56. The first-order valence-electron chi connectivity index (χ1n) is 10.4. The van der Waals surface area contributed by atoms with E-state index in [1.54, 1.807) is 24.3 Å². The third-order valence-corrected chi connectivity index (χ3v) is 4.91. The Hall–Kier alpha value is -3.80. The number of benzene rings is 3. The lowest BCUT2D eigenvalue weighted by Crippen LogP contribution is -2.30. The first-order valence-corrected chi connectivity index (χ1v) is 10.4. The van der Waals surface area contributed by atoms with Gasteiger partial charge in [-0.05, 0) is 54.3 Å². The van der Waals surface area contributed by atoms with Gasteiger partial charge in [0.1, 0.15) is 5.75 Å². The van der Waals surface area contributed by atoms with E-state index in [0.29, 0.717) is 23.2 Å². The highest BCUT2D eigenvalue weighted by molar-refractivity contribution is 5.93. The molecule has 0 aliphatic heterocycles. The topological polar surface area (TPSA) is 79.5 Å². The SMILES string of the molecule is O=C(COc1ccccc1Cc1ccccc1)Nc1ccc(NC(=O)NC2CC2)cc1. The van der Waals surface area contributed by atoms with Crippen molar-refractivity contribution in [2.75, 3.05) is 17.2 Å². The van der Waals surface area contributed by atoms with Crippen LogP contribution >= 0.6 is 0 Å². The molecule has 3 aromatic rings. The van der Waals surface area contributed by atoms with Gasteiger partial charge in [0.05, 0.1) is 0 Å². The van der Waals surface area contributed by atoms with Crippen LogP contribution in [0.1, 0.15) is 24.0 Å². The largest absolute Gasteiger partial charge is 0.483 e. The average Bonchev–Trinajstić information content (AvgIpc) is 3.59. The molecule has 1 saturated carbocycles. The summed E-state index contributed by atoms with van der Waals surface area (Å²) in [5.41, 5.74) is 3.52. The molecule has 1 aliphatic rings. The Morgan fingerprint density at radius 1 is 0.806 bits per heavy atom. The molecule has 0 unspecified atom stereocenters. The number of hydrogen-bond acceptors (Lipinski definition) is 3. The highest BCUT2D eigenvalue weighted by Crippen LogP contribution is 2.22. The fourth-order valence-corrected chi connectivity index (χ4v) is 3.16. The van der Waals surface area contributed by atoms with E-state index in [9.17, 15) is 9.59 Å². The number of hydrogen-bond donors (Lipinski definition) is 3. The van der Waals surface area contributed by atoms with Gasteiger partial charge in [-0.2, -0.15) is 0 Å². The van der Waals surface area contributed by atoms with Gasteiger partial charge in [0, 0.05) is 23.8 Å². The summed E-state index contributed by atoms with van der Waals surface area (Å²) in [6, 6.07) is 25.0. The van der Waals surface area contributed by atoms with Crippen molar-refractivity contribution in [3.63, 3.8) is 0 Å². The lowest BCUT2D eigenvalue weighted by atomic mass is 10.0. The number of carbonyl (C=O) groups excluding carboxylic acids is 2. The van der Waals surface area contributed by atoms with Crippen LogP contribution in [0.3, 0.4) is 0 Å². The molecule has 0 radical (unpaired) electrons. The lowest BCUT2D eigenvalue weighted by molar-refractivity contribution is -0.118. The third-order valence-electron chi connectivity index (χ3n) is 4.91. The standard InChI is InChI=1S/C25H25N3O3/c29-24(26-20-10-12-21(13-11-20)27-25(30)28-22-14-15-22)17-31-23-9-5-4-8-19(23)16-18-6-2-1-3-7-18/h1-13,22H,14-17H2,(H,26,29)(H2,27,28,30). The number of nitrogens with one attached hydrogen (secondary N) is 3. The van der Waals surface area contributed by atoms with Gasteiger partial charge in [-0.25, -0.2) is 4.79 Å². The molecule has 6 heteroatoms. The second kappa shape index (κ2) is 9.80. The summed E-state index contributed by atoms with van der Waals surface area (Å²) in [5.74, 6) is 0.449. The van der Waals surface area contributed by atoms with E-state index in [1.807, 2.05) is 42.5 Å². The minimum Gasteiger partial charge on any atom is -0.483 e. The molecule has 3 N–H and O–H groups in total. The van der Waals surface area contributed by atoms with Crippen molar-refractivity contribution < 1.29 is 14.3 Å². The first kappa shape index (κ1) is 20.5. The normalized spacial score (nSPS) is 12.6. The van der Waals surface area contributed by atoms with E-state index in [4.69, 9.17) is 4.74 Å². The minimum atomic E-state index is -0.248. The van der Waals surface area contributed by atoms with E-state index in [0.717, 1.165) is 24.8 Å². The summed E-state index contributed by atoms with van der Waals surface area (Å²) < 4.78 is 5.79. The Labute approximate surface area is 181 Å². The first-order chi connectivity index (χ1) is 15.2. The van der Waals surface area contributed by atoms with Gasteiger partial charge >= 0.3 is 6.03 Å². The van der Waals surface area contributed by atoms with Crippen molar-refractivity contribution >= 4 is 23.3 Å². The molecule has 0 atom stereocenters. The summed E-state index contributed by atoms with van der Waals surface area (Å²) in [5, 5.41) is 8.46. The fraction of sp³-hybridized carbons (Fsp3) is 0.200. The summed E-state index contributed by atoms with van der Waals surface area (Å²) in [7, 11) is 0. The molecule has 6 nitrogen and oxygen atoms in total. The van der Waals surface area contributed by atoms with Crippen LogP contribution in [-0.4, -0.2) is 24.6 Å². The maximum absolute atomic E-state index is 12.3. The van der Waals surface area contributed by atoms with Crippen molar-refractivity contribution in [2.24, 2.45) is 0 Å². The van der Waals surface area contributed by atoms with E-state index in [2.05, 4.69) is 28.1 Å². The number of urea groups is 1. The maximum Gasteiger partial charge on any atom is 0.319 e. The Balaban J connectivity index is 1.28. The number of anilines is 2. The smallest absolute Gasteiger partial charge is 0.319 e. The number of amides is 3. The van der Waals surface area contributed by atoms with Gasteiger partial charge in [0.2, 0.25) is 0 Å². The van der Waals surface area contributed by atoms with Crippen molar-refractivity contribution in [3.05, 3.63) is 90.0 Å². The van der Waals surface area contributed by atoms with Gasteiger partial charge in [-0.1, -0.05) is 48.5 Å². The quantitative estimate of drug-likeness (QED) is 0.504. The Morgan fingerprint density at radius 3 is 2.16 bits per heavy atom. The van der Waals surface area contributed by atoms with Crippen LogP contribution in [0.5, 0.6) is 5.75 Å². The molecule has 0 spiro atoms. The highest BCUT2D eigenvalue weighted by Gasteiger charge is 2.23. The second-order valence-electron chi connectivity index (χ2n) is 7.56. The van der Waals surface area contributed by atoms with Gasteiger partial charge < -0.3 is 20.7 Å². The van der Waals surface area contributed by atoms with Gasteiger partial charge in [-0.3, -0.25) is 4.79 Å². The monoisotopic (exact) mass is 415 g/mol. The van der Waals surface area contributed by atoms with E-state index < -0.39 is 0 Å². The zero-order valence-corrected chi connectivity index (χ0v) is 17.1. The number of para-hydroxylation sites is 1. The molecule has 158 valence electrons. The summed E-state index contributed by atoms with van der Waals surface area (Å²) in [6.07, 6.45) is 2.82. The zero-order chi connectivity index (χ0) is 21.5. The van der Waals surface area contributed by atoms with Crippen molar-refractivity contribution in [1.82, 2.24) is 5.32 Å². The molecule has 3 aromatic carbocycles. The fourth-order valence-electron chi connectivity index (χ4n) is 3.16. The Kier molecular flexibility index (Phi) is 6.47. The zero-order valence-electron chi connectivity index (χ0n) is 17.1. The molecule has 0 heterocycles. The maximum atomic E-state index is 12.3. The van der Waals surface area contributed by atoms with Crippen LogP contribution in [0.2, 0.25) is 0 Å². The molecule has 0 bridgehead atoms. The molecular weight excluding hydrogens is 390 g/mol. The molecule has 3 amide bonds. The molecular formula is C25H25N3O3. The van der Waals surface area contributed by atoms with Gasteiger partial charge in [0.15, 0.2) is 6.61 Å². The number of rotatable bonds is 8. The predicted molar refractivity (Wildman–Crippen MR) is 121 cm³/mol. The summed E-state index contributed by atoms with van der Waals surface area (Å²) in [6.45, 7) is -0.0877. The average molecular weight is 415 g/mol. The Bertz CT molecular complexity index is 1030. The number of ether oxygens (including phenoxy) is 1. The van der Waals surface area contributed by atoms with Crippen molar-refractivity contribution in [2.45, 2.75) is 25.3 Å². The van der Waals surface area contributed by atoms with Crippen molar-refractivity contribution in [1.29, 1.82) is 0 Å². The van der Waals surface area contributed by atoms with Gasteiger partial charge in [-0.15, -0.1) is 0 Å². The van der Waals surface area contributed by atoms with E-state index in [1.165, 1.54) is 5.56 Å². The molecule has 1 aliphatic carbocycles. The molecule has 0 saturated heterocycles. The Morgan fingerprint density at radius 2 is 1.45 bits per heavy atom. The summed E-state index contributed by atoms with van der Waals surface area (Å²) in [4.78, 5) is 24.1. The van der Waals surface area contributed by atoms with Crippen LogP contribution in [0, 0.1) is 0 Å². The molecule has 1 fully saturated rings. The van der Waals surface area contributed by atoms with Crippen molar-refractivity contribution in [3.8, 4) is 5.75 Å². The van der Waals surface area contributed by atoms with Crippen LogP contribution in [0.15, 0.2) is 78.9 Å². The van der Waals surface area contributed by atoms with E-state index >= 15 is 0 Å². The van der Waals surface area contributed by atoms with Crippen LogP contribution in [0.25, 0.3) is 0 Å². The van der Waals surface area contributed by atoms with Crippen LogP contribution in [0.4, 0.5) is 16.2 Å². The molecule has 31 heavy (non-hydrogen) atoms. The highest BCUT2D eigenvalue weighted by atomic mass is 16.5. The van der Waals surface area contributed by atoms with Gasteiger partial charge in [0.25, 0.3) is 5.91 Å². The lowest BCUT2D eigenvalue weighted by Gasteiger charge is -2.12. The minimum absolute atomic E-state index is 0.0877. The van der Waals surface area contributed by atoms with Crippen LogP contribution in [-0.2, 0) is 11.2 Å². The number of carbonyl (C=O) groups is 2. The predicted octanol–water partition coefficient (Wildman–Crippen LogP) is 4.58. The molecule has 4 rings (SSSR count). The summed E-state index contributed by atoms with van der Waals surface area (Å²) >= 11 is 0. The van der Waals surface area contributed by atoms with Crippen LogP contribution < -0.4 is 20.7 Å². The third kappa shape index (κ3) is 6.34.